The monoisotopic (exact) mass is 419 g/mol. The third kappa shape index (κ3) is 4.14. The number of nitrogens with one attached hydrogen (secondary N) is 1. The van der Waals surface area contributed by atoms with Crippen LogP contribution in [-0.4, -0.2) is 29.8 Å². The van der Waals surface area contributed by atoms with E-state index in [1.165, 1.54) is 6.07 Å². The molecule has 2 N–H and O–H groups in total. The molecular formula is C25H22FNO4. The molecule has 31 heavy (non-hydrogen) atoms. The van der Waals surface area contributed by atoms with E-state index in [9.17, 15) is 19.1 Å². The van der Waals surface area contributed by atoms with E-state index in [1.807, 2.05) is 48.5 Å². The predicted molar refractivity (Wildman–Crippen MR) is 114 cm³/mol. The van der Waals surface area contributed by atoms with Crippen molar-refractivity contribution in [1.29, 1.82) is 0 Å². The lowest BCUT2D eigenvalue weighted by Crippen LogP contribution is -2.43. The molecular weight excluding hydrogens is 397 g/mol. The number of carboxylic acid groups (broad SMARTS) is 1. The quantitative estimate of drug-likeness (QED) is 0.609. The SMILES string of the molecule is Cc1cccc(C[C@H](NC(=O)OCC2c3ccccc3-c3ccccc32)C(=O)O)c1F. The molecule has 0 unspecified atom stereocenters. The smallest absolute Gasteiger partial charge is 0.407 e. The van der Waals surface area contributed by atoms with E-state index >= 15 is 0 Å². The molecule has 0 aromatic heterocycles. The lowest BCUT2D eigenvalue weighted by atomic mass is 9.98. The molecule has 0 heterocycles. The Balaban J connectivity index is 1.45. The van der Waals surface area contributed by atoms with Gasteiger partial charge in [-0.15, -0.1) is 0 Å². The summed E-state index contributed by atoms with van der Waals surface area (Å²) in [5, 5.41) is 11.8. The van der Waals surface area contributed by atoms with Crippen molar-refractivity contribution in [2.24, 2.45) is 0 Å². The molecule has 0 saturated heterocycles. The van der Waals surface area contributed by atoms with Gasteiger partial charge in [-0.2, -0.15) is 0 Å². The van der Waals surface area contributed by atoms with Crippen molar-refractivity contribution in [2.75, 3.05) is 6.61 Å². The summed E-state index contributed by atoms with van der Waals surface area (Å²) >= 11 is 0. The highest BCUT2D eigenvalue weighted by atomic mass is 19.1. The van der Waals surface area contributed by atoms with Crippen molar-refractivity contribution in [2.45, 2.75) is 25.3 Å². The third-order valence-electron chi connectivity index (χ3n) is 5.63. The van der Waals surface area contributed by atoms with E-state index in [1.54, 1.807) is 19.1 Å². The first-order valence-corrected chi connectivity index (χ1v) is 10.0. The fraction of sp³-hybridized carbons (Fsp3) is 0.200. The molecule has 1 atom stereocenters. The third-order valence-corrected chi connectivity index (χ3v) is 5.63. The number of ether oxygens (including phenoxy) is 1. The number of carboxylic acids is 1. The standard InChI is InChI=1S/C25H22FNO4/c1-15-7-6-8-16(23(15)26)13-22(24(28)29)27-25(30)31-14-21-19-11-4-2-9-17(19)18-10-3-5-12-20(18)21/h2-12,21-22H,13-14H2,1H3,(H,27,30)(H,28,29)/t22-/m0/s1. The summed E-state index contributed by atoms with van der Waals surface area (Å²) in [5.74, 6) is -1.85. The maximum Gasteiger partial charge on any atom is 0.407 e. The molecule has 1 aliphatic carbocycles. The minimum absolute atomic E-state index is 0.0744. The molecule has 4 rings (SSSR count). The summed E-state index contributed by atoms with van der Waals surface area (Å²) in [5.41, 5.74) is 4.98. The number of alkyl carbamates (subject to hydrolysis) is 1. The molecule has 1 aliphatic rings. The highest BCUT2D eigenvalue weighted by molar-refractivity contribution is 5.81. The first-order valence-electron chi connectivity index (χ1n) is 10.0. The largest absolute Gasteiger partial charge is 0.480 e. The zero-order valence-electron chi connectivity index (χ0n) is 17.0. The second kappa shape index (κ2) is 8.60. The van der Waals surface area contributed by atoms with E-state index in [0.717, 1.165) is 22.3 Å². The number of rotatable bonds is 6. The van der Waals surface area contributed by atoms with Crippen molar-refractivity contribution in [1.82, 2.24) is 5.32 Å². The number of carbonyl (C=O) groups is 2. The van der Waals surface area contributed by atoms with E-state index in [0.29, 0.717) is 5.56 Å². The molecule has 0 spiro atoms. The van der Waals surface area contributed by atoms with Crippen LogP contribution in [0.15, 0.2) is 66.7 Å². The summed E-state index contributed by atoms with van der Waals surface area (Å²) in [4.78, 5) is 24.0. The number of fused-ring (bicyclic) bond motifs is 3. The molecule has 0 radical (unpaired) electrons. The van der Waals surface area contributed by atoms with Crippen LogP contribution in [0.25, 0.3) is 11.1 Å². The van der Waals surface area contributed by atoms with Crippen LogP contribution in [0.1, 0.15) is 28.2 Å². The molecule has 0 fully saturated rings. The molecule has 5 nitrogen and oxygen atoms in total. The number of aryl methyl sites for hydroxylation is 1. The average Bonchev–Trinajstić information content (AvgIpc) is 3.08. The number of aliphatic carboxylic acids is 1. The van der Waals surface area contributed by atoms with Crippen molar-refractivity contribution in [3.63, 3.8) is 0 Å². The molecule has 3 aromatic rings. The Morgan fingerprint density at radius 1 is 1.00 bits per heavy atom. The van der Waals surface area contributed by atoms with Crippen LogP contribution in [0.3, 0.4) is 0 Å². The fourth-order valence-corrected chi connectivity index (χ4v) is 4.07. The van der Waals surface area contributed by atoms with Crippen molar-refractivity contribution in [3.8, 4) is 11.1 Å². The van der Waals surface area contributed by atoms with Gasteiger partial charge in [0, 0.05) is 12.3 Å². The van der Waals surface area contributed by atoms with Crippen LogP contribution in [0, 0.1) is 12.7 Å². The van der Waals surface area contributed by atoms with Crippen LogP contribution in [-0.2, 0) is 16.0 Å². The van der Waals surface area contributed by atoms with Gasteiger partial charge < -0.3 is 15.2 Å². The van der Waals surface area contributed by atoms with Gasteiger partial charge in [-0.05, 0) is 40.3 Å². The maximum atomic E-state index is 14.3. The number of hydrogen-bond acceptors (Lipinski definition) is 3. The van der Waals surface area contributed by atoms with Gasteiger partial charge in [0.15, 0.2) is 0 Å². The van der Waals surface area contributed by atoms with Crippen molar-refractivity contribution >= 4 is 12.1 Å². The van der Waals surface area contributed by atoms with Crippen molar-refractivity contribution < 1.29 is 23.8 Å². The number of benzene rings is 3. The summed E-state index contributed by atoms with van der Waals surface area (Å²) in [7, 11) is 0. The predicted octanol–water partition coefficient (Wildman–Crippen LogP) is 4.67. The van der Waals surface area contributed by atoms with Gasteiger partial charge in [0.25, 0.3) is 0 Å². The Morgan fingerprint density at radius 3 is 2.23 bits per heavy atom. The lowest BCUT2D eigenvalue weighted by Gasteiger charge is -2.18. The Bertz CT molecular complexity index is 1100. The van der Waals surface area contributed by atoms with Crippen LogP contribution in [0.2, 0.25) is 0 Å². The Morgan fingerprint density at radius 2 is 1.61 bits per heavy atom. The topological polar surface area (TPSA) is 75.6 Å². The molecule has 0 bridgehead atoms. The minimum atomic E-state index is -1.30. The van der Waals surface area contributed by atoms with E-state index in [4.69, 9.17) is 4.74 Å². The molecule has 158 valence electrons. The summed E-state index contributed by atoms with van der Waals surface area (Å²) in [6.45, 7) is 1.68. The second-order valence-electron chi connectivity index (χ2n) is 7.61. The van der Waals surface area contributed by atoms with E-state index in [-0.39, 0.29) is 24.5 Å². The van der Waals surface area contributed by atoms with Gasteiger partial charge in [0.2, 0.25) is 0 Å². The Hall–Kier alpha value is -3.67. The number of carbonyl (C=O) groups excluding carboxylic acids is 1. The van der Waals surface area contributed by atoms with Crippen LogP contribution in [0.5, 0.6) is 0 Å². The highest BCUT2D eigenvalue weighted by Crippen LogP contribution is 2.44. The number of amides is 1. The van der Waals surface area contributed by atoms with Gasteiger partial charge in [-0.1, -0.05) is 66.7 Å². The highest BCUT2D eigenvalue weighted by Gasteiger charge is 2.30. The molecule has 0 saturated carbocycles. The number of halogens is 1. The molecule has 6 heteroatoms. The van der Waals surface area contributed by atoms with Crippen LogP contribution in [0.4, 0.5) is 9.18 Å². The normalized spacial score (nSPS) is 13.2. The van der Waals surface area contributed by atoms with Crippen molar-refractivity contribution in [3.05, 3.63) is 94.8 Å². The summed E-state index contributed by atoms with van der Waals surface area (Å²) < 4.78 is 19.7. The summed E-state index contributed by atoms with van der Waals surface area (Å²) in [6.07, 6.45) is -1.02. The fourth-order valence-electron chi connectivity index (χ4n) is 4.07. The summed E-state index contributed by atoms with van der Waals surface area (Å²) in [6, 6.07) is 19.3. The van der Waals surface area contributed by atoms with Gasteiger partial charge >= 0.3 is 12.1 Å². The average molecular weight is 419 g/mol. The zero-order chi connectivity index (χ0) is 22.0. The van der Waals surface area contributed by atoms with Gasteiger partial charge in [-0.3, -0.25) is 0 Å². The zero-order valence-corrected chi connectivity index (χ0v) is 17.0. The molecule has 3 aromatic carbocycles. The molecule has 1 amide bonds. The Labute approximate surface area is 179 Å². The van der Waals surface area contributed by atoms with E-state index < -0.39 is 23.9 Å². The molecule has 0 aliphatic heterocycles. The van der Waals surface area contributed by atoms with E-state index in [2.05, 4.69) is 5.32 Å². The lowest BCUT2D eigenvalue weighted by molar-refractivity contribution is -0.139. The number of hydrogen-bond donors (Lipinski definition) is 2. The second-order valence-corrected chi connectivity index (χ2v) is 7.61. The minimum Gasteiger partial charge on any atom is -0.480 e. The van der Waals surface area contributed by atoms with Gasteiger partial charge in [-0.25, -0.2) is 14.0 Å². The maximum absolute atomic E-state index is 14.3. The van der Waals surface area contributed by atoms with Crippen LogP contribution >= 0.6 is 0 Å². The van der Waals surface area contributed by atoms with Crippen LogP contribution < -0.4 is 5.32 Å². The van der Waals surface area contributed by atoms with Gasteiger partial charge in [0.05, 0.1) is 0 Å². The Kier molecular flexibility index (Phi) is 5.71. The first-order chi connectivity index (χ1) is 15.0. The van der Waals surface area contributed by atoms with Gasteiger partial charge in [0.1, 0.15) is 18.5 Å². The first kappa shape index (κ1) is 20.6.